The highest BCUT2D eigenvalue weighted by Crippen LogP contribution is 2.39. The van der Waals surface area contributed by atoms with Gasteiger partial charge in [0.05, 0.1) is 26.9 Å². The average Bonchev–Trinajstić information content (AvgIpc) is 3.07. The Morgan fingerprint density at radius 2 is 1.58 bits per heavy atom. The van der Waals surface area contributed by atoms with E-state index in [4.69, 9.17) is 28.4 Å². The molecule has 0 saturated carbocycles. The molecule has 0 spiro atoms. The molecule has 126 valence electrons. The van der Waals surface area contributed by atoms with Gasteiger partial charge in [-0.25, -0.2) is 4.79 Å². The molecule has 1 aliphatic rings. The van der Waals surface area contributed by atoms with Gasteiger partial charge >= 0.3 is 5.97 Å². The molecule has 0 bridgehead atoms. The van der Waals surface area contributed by atoms with E-state index in [-0.39, 0.29) is 12.4 Å². The molecule has 0 amide bonds. The molecule has 3 rings (SSSR count). The van der Waals surface area contributed by atoms with Crippen molar-refractivity contribution in [1.29, 1.82) is 0 Å². The molecule has 0 fully saturated rings. The van der Waals surface area contributed by atoms with Crippen molar-refractivity contribution < 1.29 is 33.2 Å². The van der Waals surface area contributed by atoms with E-state index in [1.165, 1.54) is 33.5 Å². The van der Waals surface area contributed by atoms with Crippen LogP contribution < -0.4 is 28.4 Å². The molecule has 2 aromatic rings. The molecule has 0 atom stereocenters. The molecule has 0 radical (unpaired) electrons. The van der Waals surface area contributed by atoms with E-state index in [1.54, 1.807) is 18.2 Å². The van der Waals surface area contributed by atoms with Crippen molar-refractivity contribution >= 4 is 5.97 Å². The summed E-state index contributed by atoms with van der Waals surface area (Å²) < 4.78 is 31.5. The van der Waals surface area contributed by atoms with Crippen molar-refractivity contribution in [2.24, 2.45) is 0 Å². The van der Waals surface area contributed by atoms with Crippen LogP contribution in [0.1, 0.15) is 10.4 Å². The van der Waals surface area contributed by atoms with Gasteiger partial charge in [-0.2, -0.15) is 0 Å². The fourth-order valence-electron chi connectivity index (χ4n) is 2.31. The Morgan fingerprint density at radius 1 is 0.917 bits per heavy atom. The molecule has 7 nitrogen and oxygen atoms in total. The summed E-state index contributed by atoms with van der Waals surface area (Å²) in [5, 5.41) is 0. The molecule has 0 unspecified atom stereocenters. The van der Waals surface area contributed by atoms with Crippen LogP contribution in [0.15, 0.2) is 30.3 Å². The summed E-state index contributed by atoms with van der Waals surface area (Å²) in [6, 6.07) is 7.95. The smallest absolute Gasteiger partial charge is 0.343 e. The summed E-state index contributed by atoms with van der Waals surface area (Å²) >= 11 is 0. The lowest BCUT2D eigenvalue weighted by Crippen LogP contribution is -2.09. The van der Waals surface area contributed by atoms with E-state index in [0.29, 0.717) is 34.5 Å². The minimum Gasteiger partial charge on any atom is -0.493 e. The Labute approximate surface area is 138 Å². The maximum absolute atomic E-state index is 12.4. The first kappa shape index (κ1) is 15.8. The lowest BCUT2D eigenvalue weighted by Gasteiger charge is -2.13. The standard InChI is InChI=1S/C17H16O7/c1-19-14-6-10(7-15(20-2)16(14)21-3)17(18)24-11-4-5-12-13(8-11)23-9-22-12/h4-8H,9H2,1-3H3. The molecular weight excluding hydrogens is 316 g/mol. The van der Waals surface area contributed by atoms with Gasteiger partial charge in [0.1, 0.15) is 5.75 Å². The van der Waals surface area contributed by atoms with Crippen LogP contribution >= 0.6 is 0 Å². The topological polar surface area (TPSA) is 72.5 Å². The minimum absolute atomic E-state index is 0.152. The van der Waals surface area contributed by atoms with E-state index in [9.17, 15) is 4.79 Å². The molecule has 7 heteroatoms. The first-order valence-corrected chi connectivity index (χ1v) is 7.08. The summed E-state index contributed by atoms with van der Waals surface area (Å²) in [4.78, 5) is 12.4. The number of carbonyl (C=O) groups excluding carboxylic acids is 1. The van der Waals surface area contributed by atoms with Crippen molar-refractivity contribution in [3.63, 3.8) is 0 Å². The molecule has 24 heavy (non-hydrogen) atoms. The molecule has 1 aliphatic heterocycles. The predicted molar refractivity (Wildman–Crippen MR) is 83.6 cm³/mol. The van der Waals surface area contributed by atoms with E-state index in [1.807, 2.05) is 0 Å². The maximum Gasteiger partial charge on any atom is 0.343 e. The van der Waals surface area contributed by atoms with Gasteiger partial charge in [-0.1, -0.05) is 0 Å². The summed E-state index contributed by atoms with van der Waals surface area (Å²) in [6.45, 7) is 0.152. The quantitative estimate of drug-likeness (QED) is 0.615. The Hall–Kier alpha value is -3.09. The predicted octanol–water partition coefficient (Wildman–Crippen LogP) is 2.66. The molecule has 2 aromatic carbocycles. The highest BCUT2D eigenvalue weighted by atomic mass is 16.7. The highest BCUT2D eigenvalue weighted by molar-refractivity contribution is 5.92. The zero-order chi connectivity index (χ0) is 17.1. The number of carbonyl (C=O) groups is 1. The van der Waals surface area contributed by atoms with Crippen molar-refractivity contribution in [1.82, 2.24) is 0 Å². The third-order valence-corrected chi connectivity index (χ3v) is 3.46. The van der Waals surface area contributed by atoms with Crippen molar-refractivity contribution in [3.8, 4) is 34.5 Å². The lowest BCUT2D eigenvalue weighted by atomic mass is 10.2. The van der Waals surface area contributed by atoms with Crippen LogP contribution in [0, 0.1) is 0 Å². The number of rotatable bonds is 5. The zero-order valence-electron chi connectivity index (χ0n) is 13.5. The number of esters is 1. The zero-order valence-corrected chi connectivity index (χ0v) is 13.5. The first-order valence-electron chi connectivity index (χ1n) is 7.08. The highest BCUT2D eigenvalue weighted by Gasteiger charge is 2.20. The molecule has 0 N–H and O–H groups in total. The maximum atomic E-state index is 12.4. The van der Waals surface area contributed by atoms with Crippen LogP contribution in [0.25, 0.3) is 0 Å². The second-order valence-electron chi connectivity index (χ2n) is 4.82. The molecule has 0 saturated heterocycles. The van der Waals surface area contributed by atoms with Crippen molar-refractivity contribution in [3.05, 3.63) is 35.9 Å². The monoisotopic (exact) mass is 332 g/mol. The number of hydrogen-bond donors (Lipinski definition) is 0. The number of benzene rings is 2. The van der Waals surface area contributed by atoms with Crippen LogP contribution in [0.2, 0.25) is 0 Å². The van der Waals surface area contributed by atoms with E-state index in [0.717, 1.165) is 0 Å². The van der Waals surface area contributed by atoms with Gasteiger partial charge in [-0.15, -0.1) is 0 Å². The summed E-state index contributed by atoms with van der Waals surface area (Å²) in [6.07, 6.45) is 0. The normalized spacial score (nSPS) is 11.8. The molecule has 0 aromatic heterocycles. The fourth-order valence-corrected chi connectivity index (χ4v) is 2.31. The van der Waals surface area contributed by atoms with Crippen LogP contribution in [0.4, 0.5) is 0 Å². The molecular formula is C17H16O7. The average molecular weight is 332 g/mol. The van der Waals surface area contributed by atoms with E-state index < -0.39 is 5.97 Å². The largest absolute Gasteiger partial charge is 0.493 e. The van der Waals surface area contributed by atoms with E-state index >= 15 is 0 Å². The third-order valence-electron chi connectivity index (χ3n) is 3.46. The van der Waals surface area contributed by atoms with Gasteiger partial charge in [0.15, 0.2) is 23.0 Å². The third kappa shape index (κ3) is 2.88. The Balaban J connectivity index is 1.87. The van der Waals surface area contributed by atoms with Crippen molar-refractivity contribution in [2.75, 3.05) is 28.1 Å². The van der Waals surface area contributed by atoms with Crippen LogP contribution in [-0.2, 0) is 0 Å². The minimum atomic E-state index is -0.562. The summed E-state index contributed by atoms with van der Waals surface area (Å²) in [7, 11) is 4.44. The van der Waals surface area contributed by atoms with Gasteiger partial charge in [-0.3, -0.25) is 0 Å². The number of hydrogen-bond acceptors (Lipinski definition) is 7. The number of fused-ring (bicyclic) bond motifs is 1. The van der Waals surface area contributed by atoms with Gasteiger partial charge in [0.25, 0.3) is 0 Å². The number of methoxy groups -OCH3 is 3. The molecule has 1 heterocycles. The Kier molecular flexibility index (Phi) is 4.33. The van der Waals surface area contributed by atoms with Crippen LogP contribution in [0.5, 0.6) is 34.5 Å². The second-order valence-corrected chi connectivity index (χ2v) is 4.82. The van der Waals surface area contributed by atoms with Gasteiger partial charge in [0.2, 0.25) is 12.5 Å². The van der Waals surface area contributed by atoms with Crippen molar-refractivity contribution in [2.45, 2.75) is 0 Å². The van der Waals surface area contributed by atoms with Crippen LogP contribution in [-0.4, -0.2) is 34.1 Å². The van der Waals surface area contributed by atoms with Gasteiger partial charge in [-0.05, 0) is 24.3 Å². The number of ether oxygens (including phenoxy) is 6. The second kappa shape index (κ2) is 6.57. The van der Waals surface area contributed by atoms with Gasteiger partial charge in [0, 0.05) is 6.07 Å². The Morgan fingerprint density at radius 3 is 2.21 bits per heavy atom. The Bertz CT molecular complexity index is 745. The first-order chi connectivity index (χ1) is 11.7. The van der Waals surface area contributed by atoms with Crippen LogP contribution in [0.3, 0.4) is 0 Å². The van der Waals surface area contributed by atoms with Gasteiger partial charge < -0.3 is 28.4 Å². The lowest BCUT2D eigenvalue weighted by molar-refractivity contribution is 0.0733. The molecule has 0 aliphatic carbocycles. The fraction of sp³-hybridized carbons (Fsp3) is 0.235. The summed E-state index contributed by atoms with van der Waals surface area (Å²) in [5.41, 5.74) is 0.266. The summed E-state index contributed by atoms with van der Waals surface area (Å²) in [5.74, 6) is 2.07. The van der Waals surface area contributed by atoms with E-state index in [2.05, 4.69) is 0 Å². The SMILES string of the molecule is COc1cc(C(=O)Oc2ccc3c(c2)OCO3)cc(OC)c1OC.